The molecule has 4 nitrogen and oxygen atoms in total. The highest BCUT2D eigenvalue weighted by atomic mass is 35.5. The van der Waals surface area contributed by atoms with Crippen LogP contribution < -0.4 is 16.0 Å². The smallest absolute Gasteiger partial charge is 0.212 e. The number of halogens is 2. The van der Waals surface area contributed by atoms with Crippen molar-refractivity contribution in [2.45, 2.75) is 18.9 Å². The van der Waals surface area contributed by atoms with Gasteiger partial charge in [0.15, 0.2) is 0 Å². The van der Waals surface area contributed by atoms with Gasteiger partial charge in [-0.2, -0.15) is 0 Å². The third-order valence-electron chi connectivity index (χ3n) is 3.20. The molecular weight excluding hydrogens is 293 g/mol. The van der Waals surface area contributed by atoms with Gasteiger partial charge in [-0.3, -0.25) is 11.3 Å². The fourth-order valence-electron chi connectivity index (χ4n) is 2.09. The summed E-state index contributed by atoms with van der Waals surface area (Å²) in [6.07, 6.45) is 2.78. The second-order valence-electron chi connectivity index (χ2n) is 4.72. The fraction of sp³-hybridized carbons (Fsp3) is 0.267. The van der Waals surface area contributed by atoms with E-state index in [1.807, 2.05) is 6.07 Å². The zero-order valence-electron chi connectivity index (χ0n) is 11.6. The second-order valence-corrected chi connectivity index (χ2v) is 5.15. The summed E-state index contributed by atoms with van der Waals surface area (Å²) >= 11 is 5.89. The zero-order valence-corrected chi connectivity index (χ0v) is 12.4. The molecule has 6 heteroatoms. The van der Waals surface area contributed by atoms with Crippen LogP contribution in [0.2, 0.25) is 5.02 Å². The third kappa shape index (κ3) is 4.39. The van der Waals surface area contributed by atoms with Crippen molar-refractivity contribution < 1.29 is 9.13 Å². The maximum absolute atomic E-state index is 13.7. The summed E-state index contributed by atoms with van der Waals surface area (Å²) < 4.78 is 18.8. The van der Waals surface area contributed by atoms with Gasteiger partial charge in [0.1, 0.15) is 5.82 Å². The normalized spacial score (nSPS) is 12.2. The number of aromatic nitrogens is 1. The van der Waals surface area contributed by atoms with E-state index in [4.69, 9.17) is 22.2 Å². The van der Waals surface area contributed by atoms with Crippen LogP contribution in [0.1, 0.15) is 11.1 Å². The summed E-state index contributed by atoms with van der Waals surface area (Å²) in [4.78, 5) is 4.14. The molecule has 1 unspecified atom stereocenters. The van der Waals surface area contributed by atoms with E-state index in [9.17, 15) is 4.39 Å². The maximum Gasteiger partial charge on any atom is 0.212 e. The van der Waals surface area contributed by atoms with Crippen molar-refractivity contribution in [3.05, 3.63) is 58.5 Å². The number of ether oxygens (including phenoxy) is 1. The number of nitrogens with two attached hydrogens (primary N) is 1. The van der Waals surface area contributed by atoms with Gasteiger partial charge in [-0.25, -0.2) is 9.37 Å². The van der Waals surface area contributed by atoms with E-state index in [-0.39, 0.29) is 11.9 Å². The molecule has 0 bridgehead atoms. The largest absolute Gasteiger partial charge is 0.481 e. The Balaban J connectivity index is 2.07. The average molecular weight is 310 g/mol. The van der Waals surface area contributed by atoms with E-state index < -0.39 is 0 Å². The molecule has 0 radical (unpaired) electrons. The van der Waals surface area contributed by atoms with Gasteiger partial charge in [0.25, 0.3) is 0 Å². The van der Waals surface area contributed by atoms with Crippen molar-refractivity contribution >= 4 is 11.6 Å². The summed E-state index contributed by atoms with van der Waals surface area (Å²) in [6, 6.07) is 8.08. The summed E-state index contributed by atoms with van der Waals surface area (Å²) in [5.74, 6) is 5.83. The van der Waals surface area contributed by atoms with Crippen molar-refractivity contribution in [2.24, 2.45) is 5.84 Å². The predicted molar refractivity (Wildman–Crippen MR) is 80.7 cm³/mol. The van der Waals surface area contributed by atoms with Crippen molar-refractivity contribution in [3.8, 4) is 5.88 Å². The fourth-order valence-corrected chi connectivity index (χ4v) is 2.29. The van der Waals surface area contributed by atoms with Crippen LogP contribution in [0.5, 0.6) is 5.88 Å². The van der Waals surface area contributed by atoms with E-state index in [2.05, 4.69) is 10.4 Å². The topological polar surface area (TPSA) is 60.2 Å². The highest BCUT2D eigenvalue weighted by Crippen LogP contribution is 2.18. The molecule has 0 saturated carbocycles. The number of methoxy groups -OCH3 is 1. The highest BCUT2D eigenvalue weighted by molar-refractivity contribution is 6.30. The van der Waals surface area contributed by atoms with Crippen LogP contribution in [0.25, 0.3) is 0 Å². The van der Waals surface area contributed by atoms with Crippen LogP contribution in [0, 0.1) is 5.82 Å². The van der Waals surface area contributed by atoms with Crippen molar-refractivity contribution in [3.63, 3.8) is 0 Å². The number of nitrogens with zero attached hydrogens (tertiary/aromatic N) is 1. The molecule has 0 aliphatic carbocycles. The van der Waals surface area contributed by atoms with Gasteiger partial charge in [0.2, 0.25) is 5.88 Å². The molecule has 1 aromatic carbocycles. The van der Waals surface area contributed by atoms with Gasteiger partial charge in [-0.1, -0.05) is 17.7 Å². The van der Waals surface area contributed by atoms with Gasteiger partial charge in [-0.05, 0) is 42.2 Å². The Morgan fingerprint density at radius 1 is 1.33 bits per heavy atom. The number of hydrogen-bond acceptors (Lipinski definition) is 4. The van der Waals surface area contributed by atoms with Gasteiger partial charge >= 0.3 is 0 Å². The summed E-state index contributed by atoms with van der Waals surface area (Å²) in [5.41, 5.74) is 4.23. The maximum atomic E-state index is 13.7. The Morgan fingerprint density at radius 2 is 2.14 bits per heavy atom. The molecule has 112 valence electrons. The molecule has 2 aromatic rings. The van der Waals surface area contributed by atoms with Gasteiger partial charge in [0.05, 0.1) is 7.11 Å². The van der Waals surface area contributed by atoms with Crippen LogP contribution in [-0.4, -0.2) is 18.1 Å². The first-order chi connectivity index (χ1) is 10.1. The standard InChI is InChI=1S/C15H17ClFN3O/c1-21-15-5-2-10(9-19-15)6-13(20-18)8-11-7-12(16)3-4-14(11)17/h2-5,7,9,13,20H,6,8,18H2,1H3. The number of rotatable bonds is 6. The zero-order chi connectivity index (χ0) is 15.2. The molecule has 0 amide bonds. The van der Waals surface area contributed by atoms with E-state index in [1.165, 1.54) is 12.1 Å². The lowest BCUT2D eigenvalue weighted by molar-refractivity contribution is 0.397. The number of hydrogen-bond donors (Lipinski definition) is 2. The predicted octanol–water partition coefficient (Wildman–Crippen LogP) is 2.50. The van der Waals surface area contributed by atoms with Gasteiger partial charge in [-0.15, -0.1) is 0 Å². The van der Waals surface area contributed by atoms with Crippen molar-refractivity contribution in [2.75, 3.05) is 7.11 Å². The van der Waals surface area contributed by atoms with Crippen LogP contribution in [0.4, 0.5) is 4.39 Å². The quantitative estimate of drug-likeness (QED) is 0.636. The summed E-state index contributed by atoms with van der Waals surface area (Å²) in [7, 11) is 1.56. The van der Waals surface area contributed by atoms with E-state index >= 15 is 0 Å². The molecule has 21 heavy (non-hydrogen) atoms. The van der Waals surface area contributed by atoms with Crippen LogP contribution >= 0.6 is 11.6 Å². The molecule has 0 saturated heterocycles. The van der Waals surface area contributed by atoms with Crippen LogP contribution in [0.15, 0.2) is 36.5 Å². The Bertz CT molecular complexity index is 592. The Hall–Kier alpha value is -1.69. The minimum atomic E-state index is -0.285. The molecule has 1 atom stereocenters. The summed E-state index contributed by atoms with van der Waals surface area (Å²) in [6.45, 7) is 0. The molecule has 0 aliphatic heterocycles. The van der Waals surface area contributed by atoms with E-state index in [0.29, 0.717) is 29.3 Å². The third-order valence-corrected chi connectivity index (χ3v) is 3.43. The minimum Gasteiger partial charge on any atom is -0.481 e. The molecule has 0 spiro atoms. The first-order valence-corrected chi connectivity index (χ1v) is 6.89. The van der Waals surface area contributed by atoms with Crippen LogP contribution in [-0.2, 0) is 12.8 Å². The lowest BCUT2D eigenvalue weighted by Crippen LogP contribution is -2.38. The molecular formula is C15H17ClFN3O. The van der Waals surface area contributed by atoms with Crippen molar-refractivity contribution in [1.82, 2.24) is 10.4 Å². The molecule has 0 aliphatic rings. The van der Waals surface area contributed by atoms with Crippen molar-refractivity contribution in [1.29, 1.82) is 0 Å². The van der Waals surface area contributed by atoms with Gasteiger partial charge in [0, 0.05) is 23.3 Å². The lowest BCUT2D eigenvalue weighted by Gasteiger charge is -2.16. The molecule has 2 rings (SSSR count). The van der Waals surface area contributed by atoms with E-state index in [0.717, 1.165) is 5.56 Å². The monoisotopic (exact) mass is 309 g/mol. The first kappa shape index (κ1) is 15.7. The second kappa shape index (κ2) is 7.36. The molecule has 3 N–H and O–H groups in total. The number of pyridine rings is 1. The highest BCUT2D eigenvalue weighted by Gasteiger charge is 2.13. The Labute approximate surface area is 128 Å². The molecule has 0 fully saturated rings. The minimum absolute atomic E-state index is 0.117. The number of nitrogens with one attached hydrogen (secondary N) is 1. The lowest BCUT2D eigenvalue weighted by atomic mass is 10.00. The van der Waals surface area contributed by atoms with Crippen LogP contribution in [0.3, 0.4) is 0 Å². The average Bonchev–Trinajstić information content (AvgIpc) is 2.51. The Morgan fingerprint density at radius 3 is 2.76 bits per heavy atom. The number of hydrazine groups is 1. The van der Waals surface area contributed by atoms with E-state index in [1.54, 1.807) is 25.4 Å². The molecule has 1 heterocycles. The SMILES string of the molecule is COc1ccc(CC(Cc2cc(Cl)ccc2F)NN)cn1. The molecule has 1 aromatic heterocycles. The first-order valence-electron chi connectivity index (χ1n) is 6.51. The number of benzene rings is 1. The van der Waals surface area contributed by atoms with Gasteiger partial charge < -0.3 is 4.74 Å². The summed E-state index contributed by atoms with van der Waals surface area (Å²) in [5, 5.41) is 0.508. The Kier molecular flexibility index (Phi) is 5.50.